The summed E-state index contributed by atoms with van der Waals surface area (Å²) in [4.78, 5) is 14.8. The van der Waals surface area contributed by atoms with E-state index in [4.69, 9.17) is 0 Å². The van der Waals surface area contributed by atoms with Crippen molar-refractivity contribution in [3.63, 3.8) is 0 Å². The largest absolute Gasteiger partial charge is 0.300 e. The molecule has 0 radical (unpaired) electrons. The van der Waals surface area contributed by atoms with E-state index >= 15 is 0 Å². The molecule has 0 bridgehead atoms. The van der Waals surface area contributed by atoms with Gasteiger partial charge in [0.15, 0.2) is 0 Å². The number of hydrogen-bond donors (Lipinski definition) is 0. The summed E-state index contributed by atoms with van der Waals surface area (Å²) in [6, 6.07) is 8.86. The van der Waals surface area contributed by atoms with Crippen LogP contribution in [0.3, 0.4) is 0 Å². The van der Waals surface area contributed by atoms with E-state index in [0.29, 0.717) is 11.7 Å². The topological polar surface area (TPSA) is 20.3 Å². The first kappa shape index (κ1) is 11.7. The zero-order chi connectivity index (χ0) is 12.9. The second kappa shape index (κ2) is 4.17. The quantitative estimate of drug-likeness (QED) is 0.769. The molecule has 3 aliphatic rings. The molecular formula is C17H21NO. The van der Waals surface area contributed by atoms with Crippen LogP contribution in [0.15, 0.2) is 24.3 Å². The van der Waals surface area contributed by atoms with Crippen molar-refractivity contribution in [1.82, 2.24) is 4.90 Å². The van der Waals surface area contributed by atoms with Crippen LogP contribution in [0, 0.1) is 5.92 Å². The van der Waals surface area contributed by atoms with Crippen LogP contribution in [0.5, 0.6) is 0 Å². The predicted molar refractivity (Wildman–Crippen MR) is 75.0 cm³/mol. The lowest BCUT2D eigenvalue weighted by molar-refractivity contribution is -0.127. The van der Waals surface area contributed by atoms with E-state index < -0.39 is 0 Å². The molecule has 2 nitrogen and oxygen atoms in total. The summed E-state index contributed by atoms with van der Waals surface area (Å²) in [5.41, 5.74) is 3.02. The van der Waals surface area contributed by atoms with Crippen LogP contribution in [-0.2, 0) is 16.8 Å². The van der Waals surface area contributed by atoms with Gasteiger partial charge in [-0.3, -0.25) is 9.69 Å². The van der Waals surface area contributed by atoms with Gasteiger partial charge in [0, 0.05) is 12.8 Å². The van der Waals surface area contributed by atoms with Crippen molar-refractivity contribution in [2.45, 2.75) is 44.1 Å². The van der Waals surface area contributed by atoms with Crippen molar-refractivity contribution < 1.29 is 4.79 Å². The maximum absolute atomic E-state index is 12.2. The van der Waals surface area contributed by atoms with Gasteiger partial charge in [0.2, 0.25) is 0 Å². The number of ketones is 1. The third-order valence-electron chi connectivity index (χ3n) is 5.53. The first-order valence-corrected chi connectivity index (χ1v) is 7.66. The highest BCUT2D eigenvalue weighted by Crippen LogP contribution is 2.53. The molecule has 19 heavy (non-hydrogen) atoms. The second-order valence-corrected chi connectivity index (χ2v) is 6.43. The molecule has 2 aliphatic carbocycles. The molecule has 1 saturated heterocycles. The first-order valence-electron chi connectivity index (χ1n) is 7.66. The van der Waals surface area contributed by atoms with E-state index in [-0.39, 0.29) is 5.54 Å². The molecule has 2 heteroatoms. The highest BCUT2D eigenvalue weighted by atomic mass is 16.1. The molecule has 4 rings (SSSR count). The average molecular weight is 255 g/mol. The molecule has 0 aromatic heterocycles. The van der Waals surface area contributed by atoms with Crippen molar-refractivity contribution in [3.8, 4) is 0 Å². The number of nitrogens with zero attached hydrogens (tertiary/aromatic N) is 1. The zero-order valence-electron chi connectivity index (χ0n) is 11.4. The maximum atomic E-state index is 12.2. The van der Waals surface area contributed by atoms with E-state index in [9.17, 15) is 4.79 Å². The molecule has 0 spiro atoms. The lowest BCUT2D eigenvalue weighted by Crippen LogP contribution is -2.51. The number of likely N-dealkylation sites (tertiary alicyclic amines) is 1. The van der Waals surface area contributed by atoms with E-state index in [2.05, 4.69) is 29.2 Å². The zero-order valence-corrected chi connectivity index (χ0v) is 11.4. The normalized spacial score (nSPS) is 34.3. The monoisotopic (exact) mass is 255 g/mol. The molecule has 2 atom stereocenters. The number of carbonyl (C=O) groups excluding carboxylic acids is 1. The summed E-state index contributed by atoms with van der Waals surface area (Å²) in [6.07, 6.45) is 6.42. The standard InChI is InChI=1S/C17H21NO/c19-15-8-7-14-11-13-5-1-2-6-16(13)17(14,12-15)18-9-3-4-10-18/h1-2,5-6,14H,3-4,7-12H2. The molecular weight excluding hydrogens is 234 g/mol. The fourth-order valence-electron chi connectivity index (χ4n) is 4.74. The van der Waals surface area contributed by atoms with E-state index in [0.717, 1.165) is 19.3 Å². The third-order valence-corrected chi connectivity index (χ3v) is 5.53. The number of rotatable bonds is 1. The predicted octanol–water partition coefficient (Wildman–Crippen LogP) is 2.90. The molecule has 0 amide bonds. The fraction of sp³-hybridized carbons (Fsp3) is 0.588. The minimum atomic E-state index is 0.0580. The highest BCUT2D eigenvalue weighted by molar-refractivity contribution is 5.81. The molecule has 0 N–H and O–H groups in total. The Bertz CT molecular complexity index is 514. The van der Waals surface area contributed by atoms with Crippen molar-refractivity contribution in [2.75, 3.05) is 13.1 Å². The number of benzene rings is 1. The SMILES string of the molecule is O=C1CCC2Cc3ccccc3C2(N2CCCC2)C1. The summed E-state index contributed by atoms with van der Waals surface area (Å²) in [7, 11) is 0. The van der Waals surface area contributed by atoms with Gasteiger partial charge in [0.25, 0.3) is 0 Å². The van der Waals surface area contributed by atoms with Crippen LogP contribution in [-0.4, -0.2) is 23.8 Å². The highest BCUT2D eigenvalue weighted by Gasteiger charge is 2.53. The fourth-order valence-corrected chi connectivity index (χ4v) is 4.74. The van der Waals surface area contributed by atoms with Gasteiger partial charge in [0.05, 0.1) is 5.54 Å². The molecule has 1 aromatic carbocycles. The summed E-state index contributed by atoms with van der Waals surface area (Å²) in [6.45, 7) is 2.36. The molecule has 1 aromatic rings. The molecule has 1 aliphatic heterocycles. The average Bonchev–Trinajstić information content (AvgIpc) is 3.04. The molecule has 1 heterocycles. The third kappa shape index (κ3) is 1.56. The lowest BCUT2D eigenvalue weighted by atomic mass is 9.71. The Morgan fingerprint density at radius 1 is 1.16 bits per heavy atom. The van der Waals surface area contributed by atoms with Crippen LogP contribution < -0.4 is 0 Å². The number of carbonyl (C=O) groups is 1. The van der Waals surface area contributed by atoms with Gasteiger partial charge in [0.1, 0.15) is 5.78 Å². The van der Waals surface area contributed by atoms with Gasteiger partial charge in [-0.1, -0.05) is 24.3 Å². The summed E-state index contributed by atoms with van der Waals surface area (Å²) >= 11 is 0. The van der Waals surface area contributed by atoms with Crippen LogP contribution in [0.2, 0.25) is 0 Å². The number of fused-ring (bicyclic) bond motifs is 3. The Morgan fingerprint density at radius 3 is 2.79 bits per heavy atom. The minimum Gasteiger partial charge on any atom is -0.300 e. The Morgan fingerprint density at radius 2 is 1.95 bits per heavy atom. The van der Waals surface area contributed by atoms with Crippen molar-refractivity contribution in [2.24, 2.45) is 5.92 Å². The van der Waals surface area contributed by atoms with Gasteiger partial charge < -0.3 is 0 Å². The molecule has 100 valence electrons. The molecule has 2 unspecified atom stereocenters. The van der Waals surface area contributed by atoms with E-state index in [1.54, 1.807) is 0 Å². The summed E-state index contributed by atoms with van der Waals surface area (Å²) < 4.78 is 0. The maximum Gasteiger partial charge on any atom is 0.135 e. The number of hydrogen-bond acceptors (Lipinski definition) is 2. The molecule has 2 fully saturated rings. The van der Waals surface area contributed by atoms with Gasteiger partial charge in [-0.15, -0.1) is 0 Å². The Balaban J connectivity index is 1.86. The molecule has 1 saturated carbocycles. The minimum absolute atomic E-state index is 0.0580. The number of Topliss-reactive ketones (excluding diaryl/α,β-unsaturated/α-hetero) is 1. The van der Waals surface area contributed by atoms with Crippen LogP contribution in [0.25, 0.3) is 0 Å². The van der Waals surface area contributed by atoms with Gasteiger partial charge in [-0.05, 0) is 55.8 Å². The Kier molecular flexibility index (Phi) is 2.56. The van der Waals surface area contributed by atoms with E-state index in [1.165, 1.54) is 43.5 Å². The van der Waals surface area contributed by atoms with Crippen molar-refractivity contribution in [1.29, 1.82) is 0 Å². The smallest absolute Gasteiger partial charge is 0.135 e. The lowest BCUT2D eigenvalue weighted by Gasteiger charge is -2.46. The summed E-state index contributed by atoms with van der Waals surface area (Å²) in [5, 5.41) is 0. The first-order chi connectivity index (χ1) is 9.30. The Hall–Kier alpha value is -1.15. The van der Waals surface area contributed by atoms with Crippen LogP contribution in [0.1, 0.15) is 43.2 Å². The van der Waals surface area contributed by atoms with Gasteiger partial charge in [-0.2, -0.15) is 0 Å². The van der Waals surface area contributed by atoms with Crippen molar-refractivity contribution >= 4 is 5.78 Å². The van der Waals surface area contributed by atoms with Crippen LogP contribution in [0.4, 0.5) is 0 Å². The van der Waals surface area contributed by atoms with Crippen LogP contribution >= 0.6 is 0 Å². The second-order valence-electron chi connectivity index (χ2n) is 6.43. The van der Waals surface area contributed by atoms with Crippen molar-refractivity contribution in [3.05, 3.63) is 35.4 Å². The van der Waals surface area contributed by atoms with Gasteiger partial charge >= 0.3 is 0 Å². The Labute approximate surface area is 114 Å². The van der Waals surface area contributed by atoms with E-state index in [1.807, 2.05) is 0 Å². The van der Waals surface area contributed by atoms with Gasteiger partial charge in [-0.25, -0.2) is 0 Å². The summed E-state index contributed by atoms with van der Waals surface area (Å²) in [5.74, 6) is 1.14.